The smallest absolute Gasteiger partial charge is 0.373 e. The van der Waals surface area contributed by atoms with Gasteiger partial charge in [-0.2, -0.15) is 4.98 Å². The number of methoxy groups -OCH3 is 1. The van der Waals surface area contributed by atoms with Gasteiger partial charge in [0.25, 0.3) is 0 Å². The summed E-state index contributed by atoms with van der Waals surface area (Å²) in [6.07, 6.45) is 1.05. The van der Waals surface area contributed by atoms with Crippen LogP contribution in [0.15, 0.2) is 48.8 Å². The predicted octanol–water partition coefficient (Wildman–Crippen LogP) is 4.21. The molecule has 0 amide bonds. The van der Waals surface area contributed by atoms with Crippen molar-refractivity contribution in [2.75, 3.05) is 12.4 Å². The molecular weight excluding hydrogens is 362 g/mol. The van der Waals surface area contributed by atoms with Gasteiger partial charge in [0.05, 0.1) is 12.0 Å². The lowest BCUT2D eigenvalue weighted by Crippen LogP contribution is -2.04. The molecule has 0 aliphatic heterocycles. The lowest BCUT2D eigenvalue weighted by molar-refractivity contribution is -0.385. The first kappa shape index (κ1) is 18.0. The van der Waals surface area contributed by atoms with Gasteiger partial charge in [-0.25, -0.2) is 13.8 Å². The average molecular weight is 374 g/mol. The molecule has 3 rings (SSSR count). The Labute approximate surface area is 151 Å². The molecule has 0 atom stereocenters. The summed E-state index contributed by atoms with van der Waals surface area (Å²) in [7, 11) is 1.50. The molecular formula is C17H12F2N4O4. The van der Waals surface area contributed by atoms with E-state index in [1.807, 2.05) is 0 Å². The Balaban J connectivity index is 1.94. The summed E-state index contributed by atoms with van der Waals surface area (Å²) in [4.78, 5) is 18.3. The first-order chi connectivity index (χ1) is 13.0. The van der Waals surface area contributed by atoms with Gasteiger partial charge in [-0.15, -0.1) is 0 Å². The molecule has 0 aliphatic carbocycles. The van der Waals surface area contributed by atoms with Crippen molar-refractivity contribution in [2.45, 2.75) is 0 Å². The average Bonchev–Trinajstić information content (AvgIpc) is 2.65. The molecule has 27 heavy (non-hydrogen) atoms. The highest BCUT2D eigenvalue weighted by Crippen LogP contribution is 2.35. The Morgan fingerprint density at radius 1 is 1.04 bits per heavy atom. The largest absolute Gasteiger partial charge is 0.497 e. The van der Waals surface area contributed by atoms with Crippen LogP contribution in [0.4, 0.5) is 26.0 Å². The lowest BCUT2D eigenvalue weighted by Gasteiger charge is -2.10. The highest BCUT2D eigenvalue weighted by molar-refractivity contribution is 5.68. The summed E-state index contributed by atoms with van der Waals surface area (Å²) < 4.78 is 36.9. The van der Waals surface area contributed by atoms with Gasteiger partial charge in [-0.1, -0.05) is 0 Å². The van der Waals surface area contributed by atoms with Crippen molar-refractivity contribution in [2.24, 2.45) is 0 Å². The maximum absolute atomic E-state index is 13.4. The Bertz CT molecular complexity index is 983. The van der Waals surface area contributed by atoms with Crippen molar-refractivity contribution in [1.29, 1.82) is 0 Å². The topological polar surface area (TPSA) is 99.4 Å². The molecule has 0 aliphatic rings. The molecule has 2 aromatic carbocycles. The Kier molecular flexibility index (Phi) is 5.06. The van der Waals surface area contributed by atoms with E-state index in [0.29, 0.717) is 5.75 Å². The maximum Gasteiger partial charge on any atom is 0.373 e. The number of nitrogens with one attached hydrogen (secondary N) is 1. The van der Waals surface area contributed by atoms with Crippen molar-refractivity contribution in [3.63, 3.8) is 0 Å². The van der Waals surface area contributed by atoms with E-state index in [1.54, 1.807) is 24.3 Å². The number of nitrogens with zero attached hydrogens (tertiary/aromatic N) is 3. The van der Waals surface area contributed by atoms with Gasteiger partial charge in [-0.05, 0) is 36.4 Å². The van der Waals surface area contributed by atoms with E-state index in [4.69, 9.17) is 9.47 Å². The normalized spacial score (nSPS) is 10.3. The zero-order chi connectivity index (χ0) is 19.4. The fourth-order valence-electron chi connectivity index (χ4n) is 2.16. The number of halogens is 2. The molecule has 0 unspecified atom stereocenters. The molecule has 0 fully saturated rings. The second-order valence-corrected chi connectivity index (χ2v) is 5.16. The first-order valence-corrected chi connectivity index (χ1v) is 7.51. The van der Waals surface area contributed by atoms with E-state index in [1.165, 1.54) is 13.2 Å². The molecule has 1 heterocycles. The van der Waals surface area contributed by atoms with Gasteiger partial charge in [-0.3, -0.25) is 10.1 Å². The van der Waals surface area contributed by atoms with Crippen molar-refractivity contribution < 1.29 is 23.2 Å². The molecule has 138 valence electrons. The minimum atomic E-state index is -1.11. The van der Waals surface area contributed by atoms with Crippen molar-refractivity contribution >= 4 is 17.2 Å². The van der Waals surface area contributed by atoms with Crippen LogP contribution in [0.2, 0.25) is 0 Å². The van der Waals surface area contributed by atoms with Gasteiger partial charge in [0.1, 0.15) is 17.8 Å². The van der Waals surface area contributed by atoms with E-state index in [9.17, 15) is 18.9 Å². The van der Waals surface area contributed by atoms with Crippen LogP contribution < -0.4 is 14.8 Å². The molecule has 0 spiro atoms. The van der Waals surface area contributed by atoms with Gasteiger partial charge in [0, 0.05) is 11.8 Å². The summed E-state index contributed by atoms with van der Waals surface area (Å²) in [6.45, 7) is 0. The van der Waals surface area contributed by atoms with E-state index >= 15 is 0 Å². The third-order valence-electron chi connectivity index (χ3n) is 3.43. The van der Waals surface area contributed by atoms with Crippen molar-refractivity contribution in [3.8, 4) is 17.4 Å². The second kappa shape index (κ2) is 7.60. The quantitative estimate of drug-likeness (QED) is 0.510. The molecule has 0 saturated carbocycles. The predicted molar refractivity (Wildman–Crippen MR) is 91.4 cm³/mol. The third-order valence-corrected chi connectivity index (χ3v) is 3.43. The minimum Gasteiger partial charge on any atom is -0.497 e. The van der Waals surface area contributed by atoms with E-state index < -0.39 is 22.2 Å². The number of hydrogen-bond acceptors (Lipinski definition) is 7. The van der Waals surface area contributed by atoms with Crippen LogP contribution in [0.25, 0.3) is 0 Å². The first-order valence-electron chi connectivity index (χ1n) is 7.51. The summed E-state index contributed by atoms with van der Waals surface area (Å²) in [6, 6.07) is 9.28. The van der Waals surface area contributed by atoms with Crippen molar-refractivity contribution in [3.05, 3.63) is 70.5 Å². The van der Waals surface area contributed by atoms with Crippen LogP contribution in [-0.2, 0) is 0 Å². The molecule has 1 aromatic heterocycles. The van der Waals surface area contributed by atoms with Gasteiger partial charge >= 0.3 is 11.6 Å². The SMILES string of the molecule is COc1ccc(Oc2ncnc(Nc3ccc(F)c(F)c3)c2[N+](=O)[O-])cc1. The summed E-state index contributed by atoms with van der Waals surface area (Å²) in [5.41, 5.74) is -0.482. The standard InChI is InChI=1S/C17H12F2N4O4/c1-26-11-3-5-12(6-4-11)27-17-15(23(24)25)16(20-9-21-17)22-10-2-7-13(18)14(19)8-10/h2-9H,1H3,(H,20,21,22). The summed E-state index contributed by atoms with van der Waals surface area (Å²) in [5, 5.41) is 14.1. The number of ether oxygens (including phenoxy) is 2. The molecule has 0 radical (unpaired) electrons. The monoisotopic (exact) mass is 374 g/mol. The number of anilines is 2. The van der Waals surface area contributed by atoms with Crippen LogP contribution in [0.5, 0.6) is 17.4 Å². The summed E-state index contributed by atoms with van der Waals surface area (Å²) >= 11 is 0. The number of nitro groups is 1. The maximum atomic E-state index is 13.4. The second-order valence-electron chi connectivity index (χ2n) is 5.16. The van der Waals surface area contributed by atoms with E-state index in [0.717, 1.165) is 18.5 Å². The van der Waals surface area contributed by atoms with Crippen molar-refractivity contribution in [1.82, 2.24) is 9.97 Å². The van der Waals surface area contributed by atoms with Crippen LogP contribution in [0, 0.1) is 21.7 Å². The molecule has 1 N–H and O–H groups in total. The zero-order valence-corrected chi connectivity index (χ0v) is 13.8. The van der Waals surface area contributed by atoms with Crippen LogP contribution in [0.3, 0.4) is 0 Å². The Morgan fingerprint density at radius 2 is 1.74 bits per heavy atom. The molecule has 3 aromatic rings. The summed E-state index contributed by atoms with van der Waals surface area (Å²) in [5.74, 6) is -1.82. The fraction of sp³-hybridized carbons (Fsp3) is 0.0588. The molecule has 10 heteroatoms. The highest BCUT2D eigenvalue weighted by atomic mass is 19.2. The lowest BCUT2D eigenvalue weighted by atomic mass is 10.3. The fourth-order valence-corrected chi connectivity index (χ4v) is 2.16. The van der Waals surface area contributed by atoms with E-state index in [2.05, 4.69) is 15.3 Å². The van der Waals surface area contributed by atoms with Crippen LogP contribution >= 0.6 is 0 Å². The highest BCUT2D eigenvalue weighted by Gasteiger charge is 2.25. The molecule has 0 bridgehead atoms. The van der Waals surface area contributed by atoms with Crippen LogP contribution in [0.1, 0.15) is 0 Å². The zero-order valence-electron chi connectivity index (χ0n) is 13.8. The molecule has 8 nitrogen and oxygen atoms in total. The van der Waals surface area contributed by atoms with Gasteiger partial charge < -0.3 is 14.8 Å². The van der Waals surface area contributed by atoms with Gasteiger partial charge in [0.15, 0.2) is 11.6 Å². The Hall–Kier alpha value is -3.82. The van der Waals surface area contributed by atoms with Crippen LogP contribution in [-0.4, -0.2) is 22.0 Å². The number of hydrogen-bond donors (Lipinski definition) is 1. The number of aromatic nitrogens is 2. The number of benzene rings is 2. The third kappa shape index (κ3) is 4.06. The van der Waals surface area contributed by atoms with Gasteiger partial charge in [0.2, 0.25) is 5.82 Å². The van der Waals surface area contributed by atoms with E-state index in [-0.39, 0.29) is 23.1 Å². The number of rotatable bonds is 6. The minimum absolute atomic E-state index is 0.0751. The molecule has 0 saturated heterocycles. The Morgan fingerprint density at radius 3 is 2.37 bits per heavy atom.